The van der Waals surface area contributed by atoms with Crippen molar-refractivity contribution in [3.8, 4) is 5.75 Å². The minimum Gasteiger partial charge on any atom is -0.490 e. The summed E-state index contributed by atoms with van der Waals surface area (Å²) in [6.45, 7) is 12.1. The summed E-state index contributed by atoms with van der Waals surface area (Å²) in [6.07, 6.45) is 0. The Balaban J connectivity index is 0.00000300. The number of para-hydroxylation sites is 1. The van der Waals surface area contributed by atoms with Crippen molar-refractivity contribution >= 4 is 52.2 Å². The molecule has 0 amide bonds. The number of thiazole rings is 1. The van der Waals surface area contributed by atoms with Gasteiger partial charge in [-0.2, -0.15) is 0 Å². The molecule has 29 heavy (non-hydrogen) atoms. The Hall–Kier alpha value is -1.81. The van der Waals surface area contributed by atoms with Gasteiger partial charge in [0.05, 0.1) is 29.9 Å². The van der Waals surface area contributed by atoms with Crippen LogP contribution in [-0.4, -0.2) is 24.1 Å². The molecule has 1 atom stereocenters. The zero-order valence-electron chi connectivity index (χ0n) is 17.5. The number of aliphatic imine (C=N–C) groups is 1. The van der Waals surface area contributed by atoms with Crippen molar-refractivity contribution in [2.24, 2.45) is 4.99 Å². The minimum atomic E-state index is -0.0380. The van der Waals surface area contributed by atoms with Crippen LogP contribution in [0.25, 0.3) is 11.0 Å². The fourth-order valence-corrected chi connectivity index (χ4v) is 3.87. The van der Waals surface area contributed by atoms with E-state index in [1.54, 1.807) is 11.3 Å². The minimum absolute atomic E-state index is 0. The first-order valence-electron chi connectivity index (χ1n) is 9.64. The van der Waals surface area contributed by atoms with Gasteiger partial charge < -0.3 is 19.8 Å². The molecule has 0 fully saturated rings. The Labute approximate surface area is 193 Å². The van der Waals surface area contributed by atoms with E-state index in [0.717, 1.165) is 45.7 Å². The van der Waals surface area contributed by atoms with Crippen LogP contribution in [0.5, 0.6) is 5.75 Å². The second-order valence-corrected chi connectivity index (χ2v) is 7.85. The van der Waals surface area contributed by atoms with E-state index in [1.807, 2.05) is 39.0 Å². The summed E-state index contributed by atoms with van der Waals surface area (Å²) in [6, 6.07) is 7.96. The summed E-state index contributed by atoms with van der Waals surface area (Å²) in [4.78, 5) is 10.4. The molecule has 0 aliphatic rings. The van der Waals surface area contributed by atoms with Crippen LogP contribution in [0.2, 0.25) is 0 Å². The number of hydrogen-bond donors (Lipinski definition) is 2. The lowest BCUT2D eigenvalue weighted by Gasteiger charge is -2.16. The molecule has 0 spiro atoms. The molecule has 3 aromatic rings. The number of rotatable bonds is 7. The average molecular weight is 528 g/mol. The van der Waals surface area contributed by atoms with Crippen LogP contribution in [0.15, 0.2) is 33.7 Å². The Kier molecular flexibility index (Phi) is 8.76. The monoisotopic (exact) mass is 528 g/mol. The van der Waals surface area contributed by atoms with Gasteiger partial charge in [-0.3, -0.25) is 0 Å². The van der Waals surface area contributed by atoms with Crippen LogP contribution < -0.4 is 15.4 Å². The lowest BCUT2D eigenvalue weighted by molar-refractivity contribution is 0.336. The lowest BCUT2D eigenvalue weighted by atomic mass is 10.2. The maximum absolute atomic E-state index is 6.10. The molecule has 0 bridgehead atoms. The fraction of sp³-hybridized carbons (Fsp3) is 0.429. The van der Waals surface area contributed by atoms with Gasteiger partial charge in [0.2, 0.25) is 0 Å². The van der Waals surface area contributed by atoms with Crippen molar-refractivity contribution in [3.63, 3.8) is 0 Å². The Bertz CT molecular complexity index is 967. The van der Waals surface area contributed by atoms with Crippen LogP contribution in [0.1, 0.15) is 48.2 Å². The molecule has 1 aromatic carbocycles. The number of halogens is 1. The molecule has 0 aliphatic heterocycles. The maximum atomic E-state index is 6.10. The molecule has 0 saturated heterocycles. The van der Waals surface area contributed by atoms with E-state index in [1.165, 1.54) is 4.88 Å². The first-order chi connectivity index (χ1) is 13.5. The number of nitrogens with one attached hydrogen (secondary N) is 2. The van der Waals surface area contributed by atoms with Crippen molar-refractivity contribution in [1.29, 1.82) is 0 Å². The zero-order chi connectivity index (χ0) is 20.1. The number of benzene rings is 1. The van der Waals surface area contributed by atoms with Crippen molar-refractivity contribution in [3.05, 3.63) is 45.6 Å². The molecule has 0 aliphatic carbocycles. The predicted molar refractivity (Wildman–Crippen MR) is 131 cm³/mol. The van der Waals surface area contributed by atoms with Gasteiger partial charge in [0.25, 0.3) is 0 Å². The van der Waals surface area contributed by atoms with E-state index in [4.69, 9.17) is 14.1 Å². The van der Waals surface area contributed by atoms with Gasteiger partial charge in [-0.15, -0.1) is 35.3 Å². The standard InChI is InChI=1S/C21H28N4O2S.HI/c1-6-22-21(23-12-19-14(4)24-15(5)28-19)25-13(3)18-11-16-9-8-10-17(26-7-2)20(16)27-18;/h8-11,13H,6-7,12H2,1-5H3,(H2,22,23,25);1H. The molecule has 6 nitrogen and oxygen atoms in total. The molecule has 1 unspecified atom stereocenters. The molecular weight excluding hydrogens is 499 g/mol. The third kappa shape index (κ3) is 5.85. The van der Waals surface area contributed by atoms with Gasteiger partial charge in [0, 0.05) is 16.8 Å². The van der Waals surface area contributed by atoms with Crippen molar-refractivity contribution < 1.29 is 9.15 Å². The Morgan fingerprint density at radius 3 is 2.76 bits per heavy atom. The third-order valence-corrected chi connectivity index (χ3v) is 5.39. The Morgan fingerprint density at radius 2 is 2.10 bits per heavy atom. The van der Waals surface area contributed by atoms with Crippen LogP contribution in [0.3, 0.4) is 0 Å². The number of ether oxygens (including phenoxy) is 1. The molecule has 2 heterocycles. The van der Waals surface area contributed by atoms with Crippen LogP contribution in [0, 0.1) is 13.8 Å². The van der Waals surface area contributed by atoms with Crippen LogP contribution in [-0.2, 0) is 6.54 Å². The van der Waals surface area contributed by atoms with E-state index in [-0.39, 0.29) is 30.0 Å². The summed E-state index contributed by atoms with van der Waals surface area (Å²) >= 11 is 1.69. The van der Waals surface area contributed by atoms with Gasteiger partial charge in [0.1, 0.15) is 5.76 Å². The highest BCUT2D eigenvalue weighted by Crippen LogP contribution is 2.31. The van der Waals surface area contributed by atoms with E-state index < -0.39 is 0 Å². The van der Waals surface area contributed by atoms with Gasteiger partial charge in [0.15, 0.2) is 17.3 Å². The second kappa shape index (κ2) is 10.8. The summed E-state index contributed by atoms with van der Waals surface area (Å²) in [5.41, 5.74) is 1.83. The van der Waals surface area contributed by atoms with E-state index in [0.29, 0.717) is 13.2 Å². The zero-order valence-corrected chi connectivity index (χ0v) is 20.7. The highest BCUT2D eigenvalue weighted by molar-refractivity contribution is 14.0. The van der Waals surface area contributed by atoms with Gasteiger partial charge in [-0.05, 0) is 46.8 Å². The van der Waals surface area contributed by atoms with E-state index >= 15 is 0 Å². The predicted octanol–water partition coefficient (Wildman–Crippen LogP) is 5.34. The average Bonchev–Trinajstić information content (AvgIpc) is 3.23. The molecular formula is C21H29IN4O2S. The normalized spacial score (nSPS) is 12.5. The topological polar surface area (TPSA) is 71.7 Å². The van der Waals surface area contributed by atoms with Crippen molar-refractivity contribution in [2.75, 3.05) is 13.2 Å². The Morgan fingerprint density at radius 1 is 1.31 bits per heavy atom. The summed E-state index contributed by atoms with van der Waals surface area (Å²) < 4.78 is 11.8. The largest absolute Gasteiger partial charge is 0.490 e. The lowest BCUT2D eigenvalue weighted by Crippen LogP contribution is -2.38. The first-order valence-corrected chi connectivity index (χ1v) is 10.5. The number of aromatic nitrogens is 1. The quantitative estimate of drug-likeness (QED) is 0.246. The summed E-state index contributed by atoms with van der Waals surface area (Å²) in [5, 5.41) is 8.84. The van der Waals surface area contributed by atoms with Crippen LogP contribution >= 0.6 is 35.3 Å². The number of aryl methyl sites for hydroxylation is 2. The molecule has 2 aromatic heterocycles. The molecule has 0 radical (unpaired) electrons. The van der Waals surface area contributed by atoms with Crippen molar-refractivity contribution in [1.82, 2.24) is 15.6 Å². The van der Waals surface area contributed by atoms with Gasteiger partial charge >= 0.3 is 0 Å². The summed E-state index contributed by atoms with van der Waals surface area (Å²) in [7, 11) is 0. The molecule has 2 N–H and O–H groups in total. The maximum Gasteiger partial charge on any atom is 0.192 e. The smallest absolute Gasteiger partial charge is 0.192 e. The highest BCUT2D eigenvalue weighted by atomic mass is 127. The van der Waals surface area contributed by atoms with E-state index in [9.17, 15) is 0 Å². The van der Waals surface area contributed by atoms with Crippen LogP contribution in [0.4, 0.5) is 0 Å². The number of furan rings is 1. The van der Waals surface area contributed by atoms with E-state index in [2.05, 4.69) is 35.5 Å². The SMILES string of the molecule is CCNC(=NCc1sc(C)nc1C)NC(C)c1cc2cccc(OCC)c2o1.I. The number of nitrogens with zero attached hydrogens (tertiary/aromatic N) is 2. The number of hydrogen-bond acceptors (Lipinski definition) is 5. The molecule has 0 saturated carbocycles. The summed E-state index contributed by atoms with van der Waals surface area (Å²) in [5.74, 6) is 2.37. The number of guanidine groups is 1. The first kappa shape index (κ1) is 23.5. The highest BCUT2D eigenvalue weighted by Gasteiger charge is 2.15. The van der Waals surface area contributed by atoms with Gasteiger partial charge in [-0.1, -0.05) is 12.1 Å². The van der Waals surface area contributed by atoms with Gasteiger partial charge in [-0.25, -0.2) is 9.98 Å². The molecule has 158 valence electrons. The molecule has 8 heteroatoms. The van der Waals surface area contributed by atoms with Crippen molar-refractivity contribution in [2.45, 2.75) is 47.2 Å². The molecule has 3 rings (SSSR count). The third-order valence-electron chi connectivity index (χ3n) is 4.33. The number of fused-ring (bicyclic) bond motifs is 1. The second-order valence-electron chi connectivity index (χ2n) is 6.56. The fourth-order valence-electron chi connectivity index (χ4n) is 3.01.